The van der Waals surface area contributed by atoms with Gasteiger partial charge in [0, 0.05) is 18.7 Å². The van der Waals surface area contributed by atoms with E-state index in [-0.39, 0.29) is 6.61 Å². The number of rotatable bonds is 6. The Kier molecular flexibility index (Phi) is 4.57. The first-order valence-corrected chi connectivity index (χ1v) is 6.58. The van der Waals surface area contributed by atoms with Gasteiger partial charge in [0.1, 0.15) is 18.2 Å². The number of amidine groups is 1. The van der Waals surface area contributed by atoms with Crippen LogP contribution < -0.4 is 15.4 Å². The van der Waals surface area contributed by atoms with E-state index in [1.165, 1.54) is 0 Å². The Morgan fingerprint density at radius 1 is 1.50 bits per heavy atom. The number of carbonyl (C=O) groups is 1. The quantitative estimate of drug-likeness (QED) is 0.453. The molecule has 2 rings (SSSR count). The lowest BCUT2D eigenvalue weighted by atomic mass is 10.1. The van der Waals surface area contributed by atoms with Crippen LogP contribution in [0.4, 0.5) is 0 Å². The molecule has 1 aliphatic heterocycles. The van der Waals surface area contributed by atoms with E-state index in [2.05, 4.69) is 10.6 Å². The van der Waals surface area contributed by atoms with E-state index in [1.807, 2.05) is 0 Å². The van der Waals surface area contributed by atoms with Crippen molar-refractivity contribution in [3.8, 4) is 5.75 Å². The lowest BCUT2D eigenvalue weighted by molar-refractivity contribution is -0.142. The van der Waals surface area contributed by atoms with E-state index in [0.29, 0.717) is 17.6 Å². The number of ether oxygens (including phenoxy) is 1. The Labute approximate surface area is 117 Å². The van der Waals surface area contributed by atoms with Gasteiger partial charge in [-0.1, -0.05) is 0 Å². The molecule has 0 amide bonds. The van der Waals surface area contributed by atoms with Gasteiger partial charge in [0.05, 0.1) is 12.0 Å². The fourth-order valence-corrected chi connectivity index (χ4v) is 1.69. The highest BCUT2D eigenvalue weighted by Crippen LogP contribution is 2.13. The Bertz CT molecular complexity index is 483. The minimum absolute atomic E-state index is 0.137. The van der Waals surface area contributed by atoms with Gasteiger partial charge in [0.15, 0.2) is 0 Å². The molecule has 20 heavy (non-hydrogen) atoms. The third kappa shape index (κ3) is 3.71. The number of benzene rings is 1. The highest BCUT2D eigenvalue weighted by atomic mass is 16.5. The second-order valence-electron chi connectivity index (χ2n) is 4.95. The molecule has 0 radical (unpaired) electrons. The first-order chi connectivity index (χ1) is 9.56. The largest absolute Gasteiger partial charge is 0.493 e. The molecule has 1 aromatic rings. The molecule has 1 atom stereocenters. The molecule has 0 aliphatic carbocycles. The van der Waals surface area contributed by atoms with E-state index < -0.39 is 11.9 Å². The monoisotopic (exact) mass is 277 g/mol. The van der Waals surface area contributed by atoms with Crippen molar-refractivity contribution in [3.05, 3.63) is 29.8 Å². The molecule has 1 aromatic carbocycles. The van der Waals surface area contributed by atoms with Gasteiger partial charge in [-0.25, -0.2) is 0 Å². The van der Waals surface area contributed by atoms with Gasteiger partial charge in [0.2, 0.25) is 0 Å². The molecule has 1 aliphatic rings. The number of hydrogen-bond acceptors (Lipinski definition) is 4. The molecule has 1 heterocycles. The summed E-state index contributed by atoms with van der Waals surface area (Å²) < 4.78 is 5.40. The van der Waals surface area contributed by atoms with Crippen molar-refractivity contribution in [1.82, 2.24) is 10.6 Å². The molecular formula is C14H19N3O3. The second-order valence-corrected chi connectivity index (χ2v) is 4.95. The van der Waals surface area contributed by atoms with Crippen LogP contribution in [0.3, 0.4) is 0 Å². The molecule has 0 aromatic heterocycles. The van der Waals surface area contributed by atoms with E-state index >= 15 is 0 Å². The maximum absolute atomic E-state index is 10.7. The van der Waals surface area contributed by atoms with Crippen LogP contribution in [0.1, 0.15) is 12.5 Å². The average molecular weight is 277 g/mol. The Morgan fingerprint density at radius 2 is 2.15 bits per heavy atom. The molecule has 0 spiro atoms. The summed E-state index contributed by atoms with van der Waals surface area (Å²) in [6.07, 6.45) is 0. The molecular weight excluding hydrogens is 258 g/mol. The van der Waals surface area contributed by atoms with Crippen molar-refractivity contribution in [2.45, 2.75) is 13.0 Å². The Morgan fingerprint density at radius 3 is 2.65 bits per heavy atom. The van der Waals surface area contributed by atoms with Crippen molar-refractivity contribution in [2.75, 3.05) is 19.7 Å². The highest BCUT2D eigenvalue weighted by Gasteiger charge is 2.17. The summed E-state index contributed by atoms with van der Waals surface area (Å²) in [7, 11) is 0. The first-order valence-electron chi connectivity index (χ1n) is 6.58. The van der Waals surface area contributed by atoms with Crippen molar-refractivity contribution < 1.29 is 14.6 Å². The van der Waals surface area contributed by atoms with Gasteiger partial charge < -0.3 is 20.5 Å². The topological polar surface area (TPSA) is 94.4 Å². The zero-order valence-electron chi connectivity index (χ0n) is 11.3. The zero-order valence-corrected chi connectivity index (χ0v) is 11.3. The zero-order chi connectivity index (χ0) is 14.5. The Balaban J connectivity index is 1.85. The van der Waals surface area contributed by atoms with E-state index in [4.69, 9.17) is 15.3 Å². The van der Waals surface area contributed by atoms with Crippen molar-refractivity contribution in [3.63, 3.8) is 0 Å². The van der Waals surface area contributed by atoms with Crippen LogP contribution >= 0.6 is 0 Å². The summed E-state index contributed by atoms with van der Waals surface area (Å²) >= 11 is 0. The SMILES string of the molecule is C[C@@H](COc1ccc(C(=N)NC2CNC2)cc1)C(=O)O. The van der Waals surface area contributed by atoms with E-state index in [1.54, 1.807) is 31.2 Å². The predicted octanol–water partition coefficient (Wildman–Crippen LogP) is 0.673. The first kappa shape index (κ1) is 14.3. The standard InChI is InChI=1S/C14H19N3O3/c1-9(14(18)19)8-20-12-4-2-10(3-5-12)13(15)17-11-6-16-7-11/h2-5,9,11,16H,6-8H2,1H3,(H2,15,17)(H,18,19)/t9-/m0/s1. The van der Waals surface area contributed by atoms with Gasteiger partial charge in [0.25, 0.3) is 0 Å². The molecule has 6 heteroatoms. The van der Waals surface area contributed by atoms with Crippen molar-refractivity contribution in [1.29, 1.82) is 5.41 Å². The van der Waals surface area contributed by atoms with Crippen molar-refractivity contribution >= 4 is 11.8 Å². The number of nitrogens with one attached hydrogen (secondary N) is 3. The summed E-state index contributed by atoms with van der Waals surface area (Å²) in [4.78, 5) is 10.7. The van der Waals surface area contributed by atoms with E-state index in [9.17, 15) is 4.79 Å². The maximum Gasteiger partial charge on any atom is 0.309 e. The van der Waals surface area contributed by atoms with Crippen molar-refractivity contribution in [2.24, 2.45) is 5.92 Å². The second kappa shape index (κ2) is 6.38. The summed E-state index contributed by atoms with van der Waals surface area (Å²) in [5, 5.41) is 23.0. The fraction of sp³-hybridized carbons (Fsp3) is 0.429. The molecule has 0 bridgehead atoms. The van der Waals surface area contributed by atoms with Crippen LogP contribution in [0.5, 0.6) is 5.75 Å². The summed E-state index contributed by atoms with van der Waals surface area (Å²) in [5.74, 6) is -0.413. The number of carboxylic acids is 1. The molecule has 0 saturated carbocycles. The molecule has 1 fully saturated rings. The van der Waals surface area contributed by atoms with Crippen LogP contribution in [0.15, 0.2) is 24.3 Å². The van der Waals surface area contributed by atoms with Crippen LogP contribution in [-0.4, -0.2) is 42.6 Å². The smallest absolute Gasteiger partial charge is 0.309 e. The fourth-order valence-electron chi connectivity index (χ4n) is 1.69. The minimum Gasteiger partial charge on any atom is -0.493 e. The van der Waals surface area contributed by atoms with Gasteiger partial charge in [-0.2, -0.15) is 0 Å². The lowest BCUT2D eigenvalue weighted by Gasteiger charge is -2.29. The average Bonchev–Trinajstić information content (AvgIpc) is 2.40. The lowest BCUT2D eigenvalue weighted by Crippen LogP contribution is -2.56. The van der Waals surface area contributed by atoms with Gasteiger partial charge in [-0.05, 0) is 31.2 Å². The summed E-state index contributed by atoms with van der Waals surface area (Å²) in [6, 6.07) is 7.41. The number of hydrogen-bond donors (Lipinski definition) is 4. The molecule has 4 N–H and O–H groups in total. The predicted molar refractivity (Wildman–Crippen MR) is 75.4 cm³/mol. The molecule has 108 valence electrons. The van der Waals surface area contributed by atoms with Gasteiger partial charge >= 0.3 is 5.97 Å². The van der Waals surface area contributed by atoms with Crippen LogP contribution in [0, 0.1) is 11.3 Å². The maximum atomic E-state index is 10.7. The molecule has 0 unspecified atom stereocenters. The number of aliphatic carboxylic acids is 1. The van der Waals surface area contributed by atoms with E-state index in [0.717, 1.165) is 18.7 Å². The third-order valence-corrected chi connectivity index (χ3v) is 3.19. The van der Waals surface area contributed by atoms with Crippen LogP contribution in [0.2, 0.25) is 0 Å². The summed E-state index contributed by atoms with van der Waals surface area (Å²) in [5.41, 5.74) is 0.788. The molecule has 6 nitrogen and oxygen atoms in total. The van der Waals surface area contributed by atoms with Gasteiger partial charge in [-0.3, -0.25) is 10.2 Å². The molecule has 1 saturated heterocycles. The highest BCUT2D eigenvalue weighted by molar-refractivity contribution is 5.96. The third-order valence-electron chi connectivity index (χ3n) is 3.19. The van der Waals surface area contributed by atoms with Crippen LogP contribution in [0.25, 0.3) is 0 Å². The van der Waals surface area contributed by atoms with Gasteiger partial charge in [-0.15, -0.1) is 0 Å². The minimum atomic E-state index is -0.873. The summed E-state index contributed by atoms with van der Waals surface area (Å²) in [6.45, 7) is 3.51. The Hall–Kier alpha value is -2.08. The normalized spacial score (nSPS) is 16.1. The van der Waals surface area contributed by atoms with Crippen LogP contribution in [-0.2, 0) is 4.79 Å². The number of carboxylic acid groups (broad SMARTS) is 1.